The highest BCUT2D eigenvalue weighted by molar-refractivity contribution is 6.78. The van der Waals surface area contributed by atoms with E-state index in [9.17, 15) is 0 Å². The molecule has 0 atom stereocenters. The standard InChI is InChI=1S/C10H22O3Si2/c1-7-9-11-14(3,4)13-15(5,6)12-10-8-2/h7-8H,1-2,9-10H2,3-6H3. The molecule has 0 saturated carbocycles. The SMILES string of the molecule is C=CCO[Si](C)(C)O[Si](C)(C)OCC=C. The summed E-state index contributed by atoms with van der Waals surface area (Å²) in [5.74, 6) is 0. The van der Waals surface area contributed by atoms with Crippen molar-refractivity contribution in [3.63, 3.8) is 0 Å². The zero-order chi connectivity index (χ0) is 11.9. The molecule has 0 fully saturated rings. The van der Waals surface area contributed by atoms with Crippen molar-refractivity contribution in [2.24, 2.45) is 0 Å². The Morgan fingerprint density at radius 3 is 1.47 bits per heavy atom. The van der Waals surface area contributed by atoms with E-state index in [2.05, 4.69) is 13.2 Å². The maximum Gasteiger partial charge on any atom is 0.323 e. The number of hydrogen-bond acceptors (Lipinski definition) is 3. The van der Waals surface area contributed by atoms with E-state index in [1.165, 1.54) is 0 Å². The molecule has 0 spiro atoms. The number of rotatable bonds is 8. The summed E-state index contributed by atoms with van der Waals surface area (Å²) in [5, 5.41) is 0. The van der Waals surface area contributed by atoms with Gasteiger partial charge in [0.2, 0.25) is 0 Å². The minimum atomic E-state index is -2.08. The summed E-state index contributed by atoms with van der Waals surface area (Å²) < 4.78 is 17.2. The summed E-state index contributed by atoms with van der Waals surface area (Å²) in [5.41, 5.74) is 0. The van der Waals surface area contributed by atoms with Crippen molar-refractivity contribution in [1.82, 2.24) is 0 Å². The van der Waals surface area contributed by atoms with E-state index in [1.807, 2.05) is 26.2 Å². The predicted molar refractivity (Wildman–Crippen MR) is 68.3 cm³/mol. The molecule has 0 aliphatic rings. The highest BCUT2D eigenvalue weighted by Crippen LogP contribution is 2.16. The molecule has 0 aliphatic carbocycles. The average Bonchev–Trinajstić information content (AvgIpc) is 2.10. The van der Waals surface area contributed by atoms with Crippen LogP contribution in [0.3, 0.4) is 0 Å². The summed E-state index contributed by atoms with van der Waals surface area (Å²) in [6.07, 6.45) is 3.47. The minimum absolute atomic E-state index is 0.533. The molecule has 15 heavy (non-hydrogen) atoms. The molecule has 3 nitrogen and oxygen atoms in total. The van der Waals surface area contributed by atoms with Gasteiger partial charge in [-0.3, -0.25) is 0 Å². The highest BCUT2D eigenvalue weighted by Gasteiger charge is 2.35. The van der Waals surface area contributed by atoms with Gasteiger partial charge in [-0.15, -0.1) is 13.2 Å². The van der Waals surface area contributed by atoms with E-state index in [4.69, 9.17) is 13.0 Å². The van der Waals surface area contributed by atoms with E-state index in [-0.39, 0.29) is 0 Å². The monoisotopic (exact) mass is 246 g/mol. The first kappa shape index (κ1) is 14.8. The van der Waals surface area contributed by atoms with Gasteiger partial charge in [-0.2, -0.15) is 0 Å². The van der Waals surface area contributed by atoms with Gasteiger partial charge in [0.25, 0.3) is 0 Å². The molecule has 0 aromatic carbocycles. The summed E-state index contributed by atoms with van der Waals surface area (Å²) in [6.45, 7) is 16.4. The van der Waals surface area contributed by atoms with E-state index < -0.39 is 17.1 Å². The first-order valence-corrected chi connectivity index (χ1v) is 10.7. The summed E-state index contributed by atoms with van der Waals surface area (Å²) in [7, 11) is -4.16. The van der Waals surface area contributed by atoms with Gasteiger partial charge in [0.1, 0.15) is 0 Å². The Balaban J connectivity index is 4.15. The molecule has 0 aliphatic heterocycles. The van der Waals surface area contributed by atoms with Crippen molar-refractivity contribution >= 4 is 17.1 Å². The molecule has 0 rings (SSSR count). The lowest BCUT2D eigenvalue weighted by Crippen LogP contribution is -2.48. The first-order chi connectivity index (χ1) is 6.83. The summed E-state index contributed by atoms with van der Waals surface area (Å²) in [4.78, 5) is 0. The molecule has 0 unspecified atom stereocenters. The Bertz CT molecular complexity index is 193. The summed E-state index contributed by atoms with van der Waals surface area (Å²) in [6, 6.07) is 0. The fourth-order valence-corrected chi connectivity index (χ4v) is 7.42. The van der Waals surface area contributed by atoms with Crippen LogP contribution in [0.1, 0.15) is 0 Å². The van der Waals surface area contributed by atoms with Crippen molar-refractivity contribution in [3.8, 4) is 0 Å². The van der Waals surface area contributed by atoms with Crippen LogP contribution in [0, 0.1) is 0 Å². The Morgan fingerprint density at radius 2 is 1.20 bits per heavy atom. The Morgan fingerprint density at radius 1 is 0.867 bits per heavy atom. The largest absolute Gasteiger partial charge is 0.415 e. The molecular weight excluding hydrogens is 224 g/mol. The van der Waals surface area contributed by atoms with Crippen LogP contribution in [0.5, 0.6) is 0 Å². The Labute approximate surface area is 95.2 Å². The Kier molecular flexibility index (Phi) is 6.30. The van der Waals surface area contributed by atoms with Gasteiger partial charge in [0.15, 0.2) is 0 Å². The van der Waals surface area contributed by atoms with Gasteiger partial charge in [0, 0.05) is 0 Å². The molecule has 0 amide bonds. The maximum absolute atomic E-state index is 5.97. The average molecular weight is 246 g/mol. The molecule has 5 heteroatoms. The minimum Gasteiger partial charge on any atom is -0.415 e. The lowest BCUT2D eigenvalue weighted by atomic mass is 10.7. The third-order valence-corrected chi connectivity index (χ3v) is 7.25. The quantitative estimate of drug-likeness (QED) is 0.487. The molecule has 0 aromatic rings. The van der Waals surface area contributed by atoms with Gasteiger partial charge in [-0.05, 0) is 26.2 Å². The lowest BCUT2D eigenvalue weighted by molar-refractivity contribution is 0.221. The lowest BCUT2D eigenvalue weighted by Gasteiger charge is -2.32. The van der Waals surface area contributed by atoms with E-state index >= 15 is 0 Å². The van der Waals surface area contributed by atoms with Crippen LogP contribution in [0.15, 0.2) is 25.3 Å². The second-order valence-corrected chi connectivity index (χ2v) is 11.1. The van der Waals surface area contributed by atoms with E-state index in [0.717, 1.165) is 0 Å². The zero-order valence-electron chi connectivity index (χ0n) is 10.2. The molecule has 0 saturated heterocycles. The predicted octanol–water partition coefficient (Wildman–Crippen LogP) is 2.81. The summed E-state index contributed by atoms with van der Waals surface area (Å²) >= 11 is 0. The topological polar surface area (TPSA) is 27.7 Å². The van der Waals surface area contributed by atoms with Crippen LogP contribution >= 0.6 is 0 Å². The molecule has 0 heterocycles. The van der Waals surface area contributed by atoms with Crippen molar-refractivity contribution < 1.29 is 13.0 Å². The van der Waals surface area contributed by atoms with Gasteiger partial charge < -0.3 is 13.0 Å². The van der Waals surface area contributed by atoms with Crippen LogP contribution in [0.2, 0.25) is 26.2 Å². The van der Waals surface area contributed by atoms with Gasteiger partial charge in [0.05, 0.1) is 13.2 Å². The normalized spacial score (nSPS) is 12.5. The zero-order valence-corrected chi connectivity index (χ0v) is 12.2. The second kappa shape index (κ2) is 6.39. The smallest absolute Gasteiger partial charge is 0.323 e. The fraction of sp³-hybridized carbons (Fsp3) is 0.600. The molecule has 0 aromatic heterocycles. The molecule has 0 N–H and O–H groups in total. The van der Waals surface area contributed by atoms with Gasteiger partial charge >= 0.3 is 17.1 Å². The van der Waals surface area contributed by atoms with Crippen LogP contribution in [0.25, 0.3) is 0 Å². The van der Waals surface area contributed by atoms with Crippen LogP contribution in [-0.2, 0) is 13.0 Å². The van der Waals surface area contributed by atoms with Crippen LogP contribution in [0.4, 0.5) is 0 Å². The van der Waals surface area contributed by atoms with Gasteiger partial charge in [-0.1, -0.05) is 12.2 Å². The highest BCUT2D eigenvalue weighted by atomic mass is 28.5. The van der Waals surface area contributed by atoms with Crippen molar-refractivity contribution in [2.45, 2.75) is 26.2 Å². The fourth-order valence-electron chi connectivity index (χ4n) is 1.17. The van der Waals surface area contributed by atoms with Crippen molar-refractivity contribution in [1.29, 1.82) is 0 Å². The van der Waals surface area contributed by atoms with E-state index in [0.29, 0.717) is 13.2 Å². The van der Waals surface area contributed by atoms with Crippen molar-refractivity contribution in [3.05, 3.63) is 25.3 Å². The number of hydrogen-bond donors (Lipinski definition) is 0. The molecule has 0 radical (unpaired) electrons. The van der Waals surface area contributed by atoms with Crippen LogP contribution < -0.4 is 0 Å². The van der Waals surface area contributed by atoms with Crippen molar-refractivity contribution in [2.75, 3.05) is 13.2 Å². The third kappa shape index (κ3) is 7.69. The second-order valence-electron chi connectivity index (χ2n) is 4.10. The first-order valence-electron chi connectivity index (χ1n) is 5.03. The van der Waals surface area contributed by atoms with Crippen LogP contribution in [-0.4, -0.2) is 30.3 Å². The Hall–Kier alpha value is -0.206. The molecular formula is C10H22O3Si2. The molecule has 88 valence electrons. The van der Waals surface area contributed by atoms with E-state index in [1.54, 1.807) is 12.2 Å². The maximum atomic E-state index is 5.97. The third-order valence-electron chi connectivity index (χ3n) is 1.59. The van der Waals surface area contributed by atoms with Gasteiger partial charge in [-0.25, -0.2) is 0 Å². The molecule has 0 bridgehead atoms.